The number of amides is 1. The fourth-order valence-electron chi connectivity index (χ4n) is 1.53. The van der Waals surface area contributed by atoms with E-state index in [0.29, 0.717) is 0 Å². The Balaban J connectivity index is 1.95. The molecule has 0 saturated carbocycles. The first kappa shape index (κ1) is 15.4. The molecule has 21 heavy (non-hydrogen) atoms. The van der Waals surface area contributed by atoms with Crippen LogP contribution in [0.15, 0.2) is 53.6 Å². The lowest BCUT2D eigenvalue weighted by molar-refractivity contribution is -0.120. The molecule has 2 rings (SSSR count). The summed E-state index contributed by atoms with van der Waals surface area (Å²) in [7, 11) is -3.87. The smallest absolute Gasteiger partial charge is 0.258 e. The van der Waals surface area contributed by atoms with Gasteiger partial charge in [-0.2, -0.15) is 0 Å². The summed E-state index contributed by atoms with van der Waals surface area (Å²) in [5, 5.41) is 0.182. The van der Waals surface area contributed by atoms with E-state index in [0.717, 1.165) is 11.8 Å². The van der Waals surface area contributed by atoms with E-state index in [1.54, 1.807) is 24.3 Å². The average molecular weight is 326 g/mol. The Labute approximate surface area is 127 Å². The van der Waals surface area contributed by atoms with Crippen LogP contribution in [-0.2, 0) is 21.2 Å². The Morgan fingerprint density at radius 2 is 1.86 bits per heavy atom. The van der Waals surface area contributed by atoms with Crippen LogP contribution in [0.3, 0.4) is 0 Å². The van der Waals surface area contributed by atoms with Gasteiger partial charge >= 0.3 is 0 Å². The summed E-state index contributed by atoms with van der Waals surface area (Å²) in [5.41, 5.74) is 2.93. The molecule has 0 saturated heterocycles. The molecule has 0 fully saturated rings. The van der Waals surface area contributed by atoms with E-state index in [1.807, 2.05) is 10.9 Å². The lowest BCUT2D eigenvalue weighted by atomic mass is 10.1. The van der Waals surface area contributed by atoms with Gasteiger partial charge in [-0.15, -0.1) is 4.83 Å². The van der Waals surface area contributed by atoms with Crippen molar-refractivity contribution in [3.8, 4) is 0 Å². The van der Waals surface area contributed by atoms with E-state index >= 15 is 0 Å². The van der Waals surface area contributed by atoms with Crippen LogP contribution in [0.2, 0.25) is 5.15 Å². The fraction of sp³-hybridized carbons (Fsp3) is 0.0769. The van der Waals surface area contributed by atoms with Gasteiger partial charge in [0.15, 0.2) is 0 Å². The third-order valence-electron chi connectivity index (χ3n) is 2.54. The van der Waals surface area contributed by atoms with Crippen molar-refractivity contribution in [2.75, 3.05) is 0 Å². The minimum atomic E-state index is -3.87. The van der Waals surface area contributed by atoms with Crippen molar-refractivity contribution in [3.63, 3.8) is 0 Å². The lowest BCUT2D eigenvalue weighted by Gasteiger charge is -2.08. The molecule has 8 heteroatoms. The first-order chi connectivity index (χ1) is 9.97. The number of carbonyl (C=O) groups excluding carboxylic acids is 1. The summed E-state index contributed by atoms with van der Waals surface area (Å²) in [6.07, 6.45) is 1.18. The van der Waals surface area contributed by atoms with Gasteiger partial charge < -0.3 is 0 Å². The lowest BCUT2D eigenvalue weighted by Crippen LogP contribution is -2.42. The Kier molecular flexibility index (Phi) is 4.89. The molecule has 0 spiro atoms. The van der Waals surface area contributed by atoms with E-state index in [9.17, 15) is 13.2 Å². The van der Waals surface area contributed by atoms with Gasteiger partial charge in [0.05, 0.1) is 6.42 Å². The van der Waals surface area contributed by atoms with E-state index < -0.39 is 15.9 Å². The van der Waals surface area contributed by atoms with Gasteiger partial charge in [-0.25, -0.2) is 13.4 Å². The van der Waals surface area contributed by atoms with Gasteiger partial charge in [-0.1, -0.05) is 41.9 Å². The summed E-state index contributed by atoms with van der Waals surface area (Å²) in [6, 6.07) is 11.6. The van der Waals surface area contributed by atoms with Gasteiger partial charge in [-0.3, -0.25) is 10.2 Å². The predicted octanol–water partition coefficient (Wildman–Crippen LogP) is 1.29. The Morgan fingerprint density at radius 1 is 1.14 bits per heavy atom. The molecule has 0 aliphatic carbocycles. The standard InChI is InChI=1S/C13H12ClN3O3S/c14-12-7-6-11(9-15-12)21(19,20)17-16-13(18)8-10-4-2-1-3-5-10/h1-7,9,17H,8H2,(H,16,18). The van der Waals surface area contributed by atoms with Gasteiger partial charge in [0.25, 0.3) is 10.0 Å². The number of nitrogens with zero attached hydrogens (tertiary/aromatic N) is 1. The normalized spacial score (nSPS) is 11.1. The van der Waals surface area contributed by atoms with E-state index in [-0.39, 0.29) is 16.5 Å². The molecule has 0 bridgehead atoms. The van der Waals surface area contributed by atoms with Crippen molar-refractivity contribution < 1.29 is 13.2 Å². The van der Waals surface area contributed by atoms with Crippen molar-refractivity contribution >= 4 is 27.5 Å². The van der Waals surface area contributed by atoms with E-state index in [1.165, 1.54) is 12.1 Å². The van der Waals surface area contributed by atoms with Crippen LogP contribution < -0.4 is 10.3 Å². The molecular formula is C13H12ClN3O3S. The Morgan fingerprint density at radius 3 is 2.48 bits per heavy atom. The molecule has 0 radical (unpaired) electrons. The molecule has 6 nitrogen and oxygen atoms in total. The number of sulfonamides is 1. The number of nitrogens with one attached hydrogen (secondary N) is 2. The molecule has 0 atom stereocenters. The van der Waals surface area contributed by atoms with Crippen molar-refractivity contribution in [2.24, 2.45) is 0 Å². The third-order valence-corrected chi connectivity index (χ3v) is 4.00. The van der Waals surface area contributed by atoms with Crippen molar-refractivity contribution in [1.29, 1.82) is 0 Å². The highest BCUT2D eigenvalue weighted by atomic mass is 35.5. The molecular weight excluding hydrogens is 314 g/mol. The third kappa shape index (κ3) is 4.52. The van der Waals surface area contributed by atoms with Crippen LogP contribution in [0.1, 0.15) is 5.56 Å². The molecule has 2 aromatic rings. The SMILES string of the molecule is O=C(Cc1ccccc1)NNS(=O)(=O)c1ccc(Cl)nc1. The molecule has 1 amide bonds. The maximum atomic E-state index is 11.9. The van der Waals surface area contributed by atoms with Crippen molar-refractivity contribution in [1.82, 2.24) is 15.2 Å². The number of pyridine rings is 1. The number of hydrogen-bond donors (Lipinski definition) is 2. The highest BCUT2D eigenvalue weighted by Crippen LogP contribution is 2.09. The summed E-state index contributed by atoms with van der Waals surface area (Å²) in [5.74, 6) is -0.466. The largest absolute Gasteiger partial charge is 0.277 e. The molecule has 1 aromatic carbocycles. The minimum absolute atomic E-state index is 0.0717. The minimum Gasteiger partial charge on any atom is -0.277 e. The van der Waals surface area contributed by atoms with Crippen molar-refractivity contribution in [2.45, 2.75) is 11.3 Å². The highest BCUT2D eigenvalue weighted by molar-refractivity contribution is 7.89. The zero-order valence-electron chi connectivity index (χ0n) is 10.8. The summed E-state index contributed by atoms with van der Waals surface area (Å²) in [6.45, 7) is 0. The Bertz CT molecular complexity index is 718. The number of rotatable bonds is 5. The summed E-state index contributed by atoms with van der Waals surface area (Å²) >= 11 is 5.58. The number of halogens is 1. The number of hydrazine groups is 1. The number of carbonyl (C=O) groups is 1. The second kappa shape index (κ2) is 6.66. The second-order valence-corrected chi connectivity index (χ2v) is 6.20. The van der Waals surface area contributed by atoms with Gasteiger partial charge in [-0.05, 0) is 17.7 Å². The van der Waals surface area contributed by atoms with Gasteiger partial charge in [0, 0.05) is 6.20 Å². The van der Waals surface area contributed by atoms with Crippen LogP contribution in [0.4, 0.5) is 0 Å². The molecule has 0 aliphatic heterocycles. The quantitative estimate of drug-likeness (QED) is 0.640. The molecule has 110 valence electrons. The molecule has 1 aromatic heterocycles. The van der Waals surface area contributed by atoms with Crippen LogP contribution >= 0.6 is 11.6 Å². The highest BCUT2D eigenvalue weighted by Gasteiger charge is 2.15. The van der Waals surface area contributed by atoms with Crippen LogP contribution in [0, 0.1) is 0 Å². The molecule has 0 unspecified atom stereocenters. The van der Waals surface area contributed by atoms with Gasteiger partial charge in [0.2, 0.25) is 5.91 Å². The van der Waals surface area contributed by atoms with Crippen LogP contribution in [0.5, 0.6) is 0 Å². The first-order valence-electron chi connectivity index (χ1n) is 5.93. The predicted molar refractivity (Wildman–Crippen MR) is 77.9 cm³/mol. The average Bonchev–Trinajstić information content (AvgIpc) is 2.47. The topological polar surface area (TPSA) is 88.2 Å². The first-order valence-corrected chi connectivity index (χ1v) is 7.79. The van der Waals surface area contributed by atoms with Gasteiger partial charge in [0.1, 0.15) is 10.0 Å². The molecule has 0 aliphatic rings. The fourth-order valence-corrected chi connectivity index (χ4v) is 2.45. The van der Waals surface area contributed by atoms with E-state index in [2.05, 4.69) is 10.4 Å². The second-order valence-electron chi connectivity index (χ2n) is 4.13. The molecule has 1 heterocycles. The zero-order valence-corrected chi connectivity index (χ0v) is 12.4. The molecule has 2 N–H and O–H groups in total. The van der Waals surface area contributed by atoms with Crippen LogP contribution in [0.25, 0.3) is 0 Å². The monoisotopic (exact) mass is 325 g/mol. The maximum Gasteiger partial charge on any atom is 0.258 e. The van der Waals surface area contributed by atoms with E-state index in [4.69, 9.17) is 11.6 Å². The Hall–Kier alpha value is -1.96. The number of hydrogen-bond acceptors (Lipinski definition) is 4. The number of benzene rings is 1. The number of aromatic nitrogens is 1. The van der Waals surface area contributed by atoms with Crippen LogP contribution in [-0.4, -0.2) is 19.3 Å². The summed E-state index contributed by atoms with van der Waals surface area (Å²) in [4.78, 5) is 17.3. The van der Waals surface area contributed by atoms with Crippen molar-refractivity contribution in [3.05, 3.63) is 59.4 Å². The zero-order chi connectivity index (χ0) is 15.3. The maximum absolute atomic E-state index is 11.9. The summed E-state index contributed by atoms with van der Waals surface area (Å²) < 4.78 is 23.8.